The topological polar surface area (TPSA) is 61.4 Å². The quantitative estimate of drug-likeness (QED) is 0.635. The molecule has 0 spiro atoms. The van der Waals surface area contributed by atoms with Crippen LogP contribution >= 0.6 is 0 Å². The molecular formula is C14H26N2O2. The van der Waals surface area contributed by atoms with E-state index in [4.69, 9.17) is 5.11 Å². The maximum Gasteiger partial charge on any atom is 0.315 e. The molecule has 0 saturated carbocycles. The van der Waals surface area contributed by atoms with Crippen molar-refractivity contribution in [2.45, 2.75) is 52.1 Å². The lowest BCUT2D eigenvalue weighted by atomic mass is 10.0. The summed E-state index contributed by atoms with van der Waals surface area (Å²) in [5.41, 5.74) is 0. The van der Waals surface area contributed by atoms with Gasteiger partial charge in [-0.05, 0) is 25.7 Å². The minimum atomic E-state index is -0.112. The van der Waals surface area contributed by atoms with Crippen molar-refractivity contribution >= 4 is 6.03 Å². The molecular weight excluding hydrogens is 228 g/mol. The lowest BCUT2D eigenvalue weighted by Gasteiger charge is -2.19. The summed E-state index contributed by atoms with van der Waals surface area (Å²) in [5.74, 6) is 0.818. The van der Waals surface area contributed by atoms with E-state index in [1.807, 2.05) is 19.1 Å². The highest BCUT2D eigenvalue weighted by Crippen LogP contribution is 2.16. The fourth-order valence-electron chi connectivity index (χ4n) is 2.28. The van der Waals surface area contributed by atoms with Crippen LogP contribution in [0.15, 0.2) is 12.2 Å². The van der Waals surface area contributed by atoms with Crippen LogP contribution in [0.4, 0.5) is 4.79 Å². The SMILES string of the molecule is CCC(C)CC(C)NC(=O)N[C@@H]1C=C[C@H](CO)C1. The van der Waals surface area contributed by atoms with Crippen molar-refractivity contribution in [1.82, 2.24) is 10.6 Å². The molecule has 0 aromatic heterocycles. The summed E-state index contributed by atoms with van der Waals surface area (Å²) in [7, 11) is 0. The number of nitrogens with one attached hydrogen (secondary N) is 2. The van der Waals surface area contributed by atoms with Gasteiger partial charge in [-0.2, -0.15) is 0 Å². The fraction of sp³-hybridized carbons (Fsp3) is 0.786. The summed E-state index contributed by atoms with van der Waals surface area (Å²) in [6, 6.07) is 0.135. The van der Waals surface area contributed by atoms with Crippen LogP contribution in [0.2, 0.25) is 0 Å². The van der Waals surface area contributed by atoms with Gasteiger partial charge in [0.15, 0.2) is 0 Å². The number of rotatable bonds is 6. The molecule has 0 radical (unpaired) electrons. The van der Waals surface area contributed by atoms with Gasteiger partial charge < -0.3 is 15.7 Å². The molecule has 2 amide bonds. The first-order valence-electron chi connectivity index (χ1n) is 6.91. The number of hydrogen-bond acceptors (Lipinski definition) is 2. The van der Waals surface area contributed by atoms with Gasteiger partial charge >= 0.3 is 6.03 Å². The standard InChI is InChI=1S/C14H26N2O2/c1-4-10(2)7-11(3)15-14(18)16-13-6-5-12(8-13)9-17/h5-6,10-13,17H,4,7-9H2,1-3H3,(H2,15,16,18)/t10?,11?,12-,13+/m0/s1. The summed E-state index contributed by atoms with van der Waals surface area (Å²) >= 11 is 0. The molecule has 104 valence electrons. The van der Waals surface area contributed by atoms with Gasteiger partial charge in [0.2, 0.25) is 0 Å². The van der Waals surface area contributed by atoms with Gasteiger partial charge in [0.05, 0.1) is 0 Å². The molecule has 1 aliphatic carbocycles. The third-order valence-electron chi connectivity index (χ3n) is 3.55. The van der Waals surface area contributed by atoms with Gasteiger partial charge in [-0.1, -0.05) is 32.4 Å². The molecule has 0 heterocycles. The highest BCUT2D eigenvalue weighted by atomic mass is 16.3. The molecule has 4 atom stereocenters. The third-order valence-corrected chi connectivity index (χ3v) is 3.55. The van der Waals surface area contributed by atoms with Crippen LogP contribution < -0.4 is 10.6 Å². The molecule has 2 unspecified atom stereocenters. The van der Waals surface area contributed by atoms with Crippen LogP contribution in [-0.4, -0.2) is 29.8 Å². The summed E-state index contributed by atoms with van der Waals surface area (Å²) in [6.07, 6.45) is 6.86. The Kier molecular flexibility index (Phi) is 6.19. The molecule has 1 rings (SSSR count). The predicted octanol–water partition coefficient (Wildman–Crippen LogP) is 2.05. The zero-order valence-corrected chi connectivity index (χ0v) is 11.6. The van der Waals surface area contributed by atoms with Crippen molar-refractivity contribution in [3.8, 4) is 0 Å². The Morgan fingerprint density at radius 1 is 1.44 bits per heavy atom. The molecule has 0 fully saturated rings. The Balaban J connectivity index is 2.23. The summed E-state index contributed by atoms with van der Waals surface area (Å²) in [4.78, 5) is 11.8. The summed E-state index contributed by atoms with van der Waals surface area (Å²) in [5, 5.41) is 14.9. The second kappa shape index (κ2) is 7.41. The largest absolute Gasteiger partial charge is 0.396 e. The molecule has 18 heavy (non-hydrogen) atoms. The van der Waals surface area contributed by atoms with E-state index in [-0.39, 0.29) is 30.6 Å². The molecule has 3 N–H and O–H groups in total. The van der Waals surface area contributed by atoms with E-state index in [0.717, 1.165) is 19.3 Å². The van der Waals surface area contributed by atoms with E-state index in [1.165, 1.54) is 0 Å². The maximum atomic E-state index is 11.8. The molecule has 0 aromatic rings. The number of amides is 2. The molecule has 4 heteroatoms. The molecule has 1 aliphatic rings. The van der Waals surface area contributed by atoms with Gasteiger partial charge in [0.1, 0.15) is 0 Å². The molecule has 0 aromatic carbocycles. The third kappa shape index (κ3) is 5.08. The van der Waals surface area contributed by atoms with Crippen molar-refractivity contribution < 1.29 is 9.90 Å². The monoisotopic (exact) mass is 254 g/mol. The van der Waals surface area contributed by atoms with E-state index < -0.39 is 0 Å². The average Bonchev–Trinajstić information content (AvgIpc) is 2.75. The van der Waals surface area contributed by atoms with E-state index in [9.17, 15) is 4.79 Å². The Morgan fingerprint density at radius 2 is 2.17 bits per heavy atom. The second-order valence-corrected chi connectivity index (χ2v) is 5.44. The first-order valence-corrected chi connectivity index (χ1v) is 6.91. The van der Waals surface area contributed by atoms with Gasteiger partial charge in [0, 0.05) is 24.6 Å². The van der Waals surface area contributed by atoms with Gasteiger partial charge in [-0.15, -0.1) is 0 Å². The van der Waals surface area contributed by atoms with Crippen LogP contribution in [0.25, 0.3) is 0 Å². The van der Waals surface area contributed by atoms with E-state index in [2.05, 4.69) is 24.5 Å². The Bertz CT molecular complexity index is 292. The number of carbonyl (C=O) groups is 1. The maximum absolute atomic E-state index is 11.8. The van der Waals surface area contributed by atoms with Crippen LogP contribution in [0.1, 0.15) is 40.0 Å². The Labute approximate surface area is 110 Å². The smallest absolute Gasteiger partial charge is 0.315 e. The molecule has 0 bridgehead atoms. The summed E-state index contributed by atoms with van der Waals surface area (Å²) < 4.78 is 0. The minimum Gasteiger partial charge on any atom is -0.396 e. The van der Waals surface area contributed by atoms with Crippen molar-refractivity contribution in [3.63, 3.8) is 0 Å². The Morgan fingerprint density at radius 3 is 2.72 bits per heavy atom. The molecule has 0 saturated heterocycles. The van der Waals surface area contributed by atoms with Crippen molar-refractivity contribution in [1.29, 1.82) is 0 Å². The fourth-order valence-corrected chi connectivity index (χ4v) is 2.28. The Hall–Kier alpha value is -1.03. The predicted molar refractivity (Wildman–Crippen MR) is 73.3 cm³/mol. The van der Waals surface area contributed by atoms with E-state index >= 15 is 0 Å². The van der Waals surface area contributed by atoms with Gasteiger partial charge in [-0.3, -0.25) is 0 Å². The number of aliphatic hydroxyl groups is 1. The number of urea groups is 1. The van der Waals surface area contributed by atoms with Crippen molar-refractivity contribution in [2.24, 2.45) is 11.8 Å². The van der Waals surface area contributed by atoms with Crippen molar-refractivity contribution in [3.05, 3.63) is 12.2 Å². The lowest BCUT2D eigenvalue weighted by Crippen LogP contribution is -2.45. The second-order valence-electron chi connectivity index (χ2n) is 5.44. The summed E-state index contributed by atoms with van der Waals surface area (Å²) in [6.45, 7) is 6.55. The van der Waals surface area contributed by atoms with Crippen molar-refractivity contribution in [2.75, 3.05) is 6.61 Å². The number of hydrogen-bond donors (Lipinski definition) is 3. The first kappa shape index (κ1) is 15.0. The lowest BCUT2D eigenvalue weighted by molar-refractivity contribution is 0.227. The average molecular weight is 254 g/mol. The number of carbonyl (C=O) groups excluding carboxylic acids is 1. The van der Waals surface area contributed by atoms with Gasteiger partial charge in [-0.25, -0.2) is 4.79 Å². The first-order chi connectivity index (χ1) is 8.55. The highest BCUT2D eigenvalue weighted by molar-refractivity contribution is 5.74. The molecule has 4 nitrogen and oxygen atoms in total. The van der Waals surface area contributed by atoms with E-state index in [0.29, 0.717) is 5.92 Å². The van der Waals surface area contributed by atoms with Crippen LogP contribution in [0.3, 0.4) is 0 Å². The van der Waals surface area contributed by atoms with Crippen LogP contribution in [0, 0.1) is 11.8 Å². The number of aliphatic hydroxyl groups excluding tert-OH is 1. The van der Waals surface area contributed by atoms with Gasteiger partial charge in [0.25, 0.3) is 0 Å². The van der Waals surface area contributed by atoms with E-state index in [1.54, 1.807) is 0 Å². The highest BCUT2D eigenvalue weighted by Gasteiger charge is 2.20. The van der Waals surface area contributed by atoms with Crippen LogP contribution in [0.5, 0.6) is 0 Å². The zero-order valence-electron chi connectivity index (χ0n) is 11.6. The zero-order chi connectivity index (χ0) is 13.5. The van der Waals surface area contributed by atoms with Crippen LogP contribution in [-0.2, 0) is 0 Å². The normalized spacial score (nSPS) is 25.8. The molecule has 0 aliphatic heterocycles. The minimum absolute atomic E-state index is 0.0537.